The predicted octanol–water partition coefficient (Wildman–Crippen LogP) is 3.80. The summed E-state index contributed by atoms with van der Waals surface area (Å²) in [7, 11) is 0. The highest BCUT2D eigenvalue weighted by atomic mass is 16.5. The molecule has 1 aromatic carbocycles. The van der Waals surface area contributed by atoms with Crippen molar-refractivity contribution in [2.24, 2.45) is 0 Å². The molecule has 0 amide bonds. The van der Waals surface area contributed by atoms with Crippen molar-refractivity contribution in [1.29, 1.82) is 0 Å². The first kappa shape index (κ1) is 17.7. The third-order valence-corrected chi connectivity index (χ3v) is 4.23. The maximum atomic E-state index is 5.84. The molecule has 0 unspecified atom stereocenters. The Labute approximate surface area is 150 Å². The zero-order valence-corrected chi connectivity index (χ0v) is 15.1. The lowest BCUT2D eigenvalue weighted by atomic mass is 10.1. The van der Waals surface area contributed by atoms with E-state index < -0.39 is 0 Å². The van der Waals surface area contributed by atoms with E-state index in [2.05, 4.69) is 15.1 Å². The van der Waals surface area contributed by atoms with Crippen LogP contribution in [-0.2, 0) is 0 Å². The first-order valence-electron chi connectivity index (χ1n) is 9.17. The molecule has 2 heterocycles. The van der Waals surface area contributed by atoms with Gasteiger partial charge in [0.1, 0.15) is 5.75 Å². The topological polar surface area (TPSA) is 47.5 Å². The Morgan fingerprint density at radius 2 is 1.76 bits per heavy atom. The molecule has 0 aliphatic carbocycles. The lowest BCUT2D eigenvalue weighted by Crippen LogP contribution is -2.21. The SMILES string of the molecule is CC(C)Oc1ccc(-c2ccc(OCCCN3CCCC3)cc2)nn1. The van der Waals surface area contributed by atoms with Crippen LogP contribution in [0.5, 0.6) is 11.6 Å². The smallest absolute Gasteiger partial charge is 0.233 e. The molecule has 3 rings (SSSR count). The number of ether oxygens (including phenoxy) is 2. The number of likely N-dealkylation sites (tertiary alicyclic amines) is 1. The van der Waals surface area contributed by atoms with E-state index in [0.717, 1.165) is 36.6 Å². The Balaban J connectivity index is 1.47. The molecule has 1 aliphatic rings. The highest BCUT2D eigenvalue weighted by Gasteiger charge is 2.10. The first-order chi connectivity index (χ1) is 12.2. The van der Waals surface area contributed by atoms with Crippen LogP contribution < -0.4 is 9.47 Å². The van der Waals surface area contributed by atoms with Gasteiger partial charge in [-0.15, -0.1) is 10.2 Å². The Morgan fingerprint density at radius 3 is 2.40 bits per heavy atom. The second kappa shape index (κ2) is 8.81. The van der Waals surface area contributed by atoms with E-state index in [4.69, 9.17) is 9.47 Å². The monoisotopic (exact) mass is 341 g/mol. The quantitative estimate of drug-likeness (QED) is 0.684. The minimum atomic E-state index is 0.0991. The molecule has 5 nitrogen and oxygen atoms in total. The Morgan fingerprint density at radius 1 is 1.00 bits per heavy atom. The van der Waals surface area contributed by atoms with Gasteiger partial charge in [-0.05, 0) is 76.5 Å². The fourth-order valence-corrected chi connectivity index (χ4v) is 2.98. The van der Waals surface area contributed by atoms with Crippen LogP contribution in [-0.4, -0.2) is 47.4 Å². The summed E-state index contributed by atoms with van der Waals surface area (Å²) >= 11 is 0. The minimum absolute atomic E-state index is 0.0991. The molecule has 1 aromatic heterocycles. The summed E-state index contributed by atoms with van der Waals surface area (Å²) in [5, 5.41) is 8.34. The van der Waals surface area contributed by atoms with Crippen molar-refractivity contribution >= 4 is 0 Å². The molecule has 0 spiro atoms. The molecule has 25 heavy (non-hydrogen) atoms. The fourth-order valence-electron chi connectivity index (χ4n) is 2.98. The van der Waals surface area contributed by atoms with Gasteiger partial charge >= 0.3 is 0 Å². The van der Waals surface area contributed by atoms with Gasteiger partial charge in [0.15, 0.2) is 0 Å². The minimum Gasteiger partial charge on any atom is -0.494 e. The van der Waals surface area contributed by atoms with E-state index in [1.807, 2.05) is 50.2 Å². The molecule has 0 saturated carbocycles. The molecule has 2 aromatic rings. The van der Waals surface area contributed by atoms with Crippen molar-refractivity contribution in [3.63, 3.8) is 0 Å². The van der Waals surface area contributed by atoms with Gasteiger partial charge in [0.2, 0.25) is 5.88 Å². The molecule has 1 fully saturated rings. The highest BCUT2D eigenvalue weighted by Crippen LogP contribution is 2.21. The summed E-state index contributed by atoms with van der Waals surface area (Å²) in [6.45, 7) is 8.34. The third-order valence-electron chi connectivity index (χ3n) is 4.23. The largest absolute Gasteiger partial charge is 0.494 e. The van der Waals surface area contributed by atoms with Gasteiger partial charge in [-0.2, -0.15) is 0 Å². The number of hydrogen-bond acceptors (Lipinski definition) is 5. The van der Waals surface area contributed by atoms with E-state index in [1.54, 1.807) is 0 Å². The molecule has 134 valence electrons. The van der Waals surface area contributed by atoms with Gasteiger partial charge in [0, 0.05) is 18.2 Å². The van der Waals surface area contributed by atoms with Crippen molar-refractivity contribution < 1.29 is 9.47 Å². The number of rotatable bonds is 8. The van der Waals surface area contributed by atoms with Crippen LogP contribution in [0.2, 0.25) is 0 Å². The molecule has 5 heteroatoms. The van der Waals surface area contributed by atoms with Gasteiger partial charge < -0.3 is 14.4 Å². The number of aromatic nitrogens is 2. The third kappa shape index (κ3) is 5.43. The zero-order chi connectivity index (χ0) is 17.5. The van der Waals surface area contributed by atoms with E-state index in [0.29, 0.717) is 5.88 Å². The molecule has 1 saturated heterocycles. The van der Waals surface area contributed by atoms with Gasteiger partial charge in [-0.1, -0.05) is 0 Å². The highest BCUT2D eigenvalue weighted by molar-refractivity contribution is 5.59. The van der Waals surface area contributed by atoms with Crippen LogP contribution in [0.25, 0.3) is 11.3 Å². The average molecular weight is 341 g/mol. The molecule has 0 N–H and O–H groups in total. The van der Waals surface area contributed by atoms with Crippen LogP contribution in [0.1, 0.15) is 33.1 Å². The van der Waals surface area contributed by atoms with Crippen LogP contribution in [0.3, 0.4) is 0 Å². The van der Waals surface area contributed by atoms with Crippen molar-refractivity contribution in [1.82, 2.24) is 15.1 Å². The van der Waals surface area contributed by atoms with Crippen LogP contribution in [0.15, 0.2) is 36.4 Å². The number of benzene rings is 1. The van der Waals surface area contributed by atoms with E-state index in [1.165, 1.54) is 25.9 Å². The summed E-state index contributed by atoms with van der Waals surface area (Å²) in [4.78, 5) is 2.51. The maximum Gasteiger partial charge on any atom is 0.233 e. The summed E-state index contributed by atoms with van der Waals surface area (Å²) < 4.78 is 11.4. The molecule has 0 radical (unpaired) electrons. The van der Waals surface area contributed by atoms with Crippen LogP contribution in [0, 0.1) is 0 Å². The Hall–Kier alpha value is -2.14. The lowest BCUT2D eigenvalue weighted by Gasteiger charge is -2.14. The lowest BCUT2D eigenvalue weighted by molar-refractivity contribution is 0.230. The second-order valence-corrected chi connectivity index (χ2v) is 6.70. The van der Waals surface area contributed by atoms with Gasteiger partial charge in [0.25, 0.3) is 0 Å². The average Bonchev–Trinajstić information content (AvgIpc) is 3.13. The van der Waals surface area contributed by atoms with Crippen LogP contribution in [0.4, 0.5) is 0 Å². The summed E-state index contributed by atoms with van der Waals surface area (Å²) in [5.41, 5.74) is 1.85. The second-order valence-electron chi connectivity index (χ2n) is 6.70. The maximum absolute atomic E-state index is 5.84. The van der Waals surface area contributed by atoms with E-state index >= 15 is 0 Å². The van der Waals surface area contributed by atoms with E-state index in [9.17, 15) is 0 Å². The van der Waals surface area contributed by atoms with Crippen LogP contribution >= 0.6 is 0 Å². The summed E-state index contributed by atoms with van der Waals surface area (Å²) in [6, 6.07) is 11.8. The zero-order valence-electron chi connectivity index (χ0n) is 15.1. The Bertz CT molecular complexity index is 635. The first-order valence-corrected chi connectivity index (χ1v) is 9.17. The predicted molar refractivity (Wildman–Crippen MR) is 99.0 cm³/mol. The van der Waals surface area contributed by atoms with Crippen molar-refractivity contribution in [2.45, 2.75) is 39.2 Å². The van der Waals surface area contributed by atoms with E-state index in [-0.39, 0.29) is 6.10 Å². The van der Waals surface area contributed by atoms with Gasteiger partial charge in [-0.3, -0.25) is 0 Å². The number of nitrogens with zero attached hydrogens (tertiary/aromatic N) is 3. The summed E-state index contributed by atoms with van der Waals surface area (Å²) in [6.07, 6.45) is 3.86. The standard InChI is InChI=1S/C20H27N3O2/c1-16(2)25-20-11-10-19(21-22-20)17-6-8-18(9-7-17)24-15-5-14-23-12-3-4-13-23/h6-11,16H,3-5,12-15H2,1-2H3. The van der Waals surface area contributed by atoms with Crippen molar-refractivity contribution in [2.75, 3.05) is 26.2 Å². The Kier molecular flexibility index (Phi) is 6.23. The normalized spacial score (nSPS) is 14.8. The molecule has 1 aliphatic heterocycles. The van der Waals surface area contributed by atoms with Gasteiger partial charge in [0.05, 0.1) is 18.4 Å². The van der Waals surface area contributed by atoms with Gasteiger partial charge in [-0.25, -0.2) is 0 Å². The molecular formula is C20H27N3O2. The molecule has 0 atom stereocenters. The number of hydrogen-bond donors (Lipinski definition) is 0. The van der Waals surface area contributed by atoms with Crippen molar-refractivity contribution in [3.8, 4) is 22.9 Å². The fraction of sp³-hybridized carbons (Fsp3) is 0.500. The molecular weight excluding hydrogens is 314 g/mol. The molecule has 0 bridgehead atoms. The van der Waals surface area contributed by atoms with Crippen molar-refractivity contribution in [3.05, 3.63) is 36.4 Å². The summed E-state index contributed by atoms with van der Waals surface area (Å²) in [5.74, 6) is 1.45.